The summed E-state index contributed by atoms with van der Waals surface area (Å²) in [6.45, 7) is 1.83. The Bertz CT molecular complexity index is 435. The number of nitrogens with two attached hydrogens (primary N) is 2. The fraction of sp³-hybridized carbons (Fsp3) is 0.786. The number of nitrogens with zero attached hydrogens (tertiary/aromatic N) is 1. The van der Waals surface area contributed by atoms with Gasteiger partial charge in [0.25, 0.3) is 0 Å². The number of aliphatic carboxylic acids is 1. The lowest BCUT2D eigenvalue weighted by molar-refractivity contribution is -0.146. The van der Waals surface area contributed by atoms with Crippen molar-refractivity contribution >= 4 is 30.4 Å². The minimum Gasteiger partial charge on any atom is -0.480 e. The van der Waals surface area contributed by atoms with Gasteiger partial charge in [0, 0.05) is 12.8 Å². The minimum absolute atomic E-state index is 0.121. The van der Waals surface area contributed by atoms with Crippen molar-refractivity contribution in [1.29, 1.82) is 0 Å². The molecular weight excluding hydrogens is 336 g/mol. The van der Waals surface area contributed by atoms with Crippen molar-refractivity contribution < 1.29 is 24.6 Å². The van der Waals surface area contributed by atoms with Crippen LogP contribution in [0.15, 0.2) is 0 Å². The van der Waals surface area contributed by atoms with Crippen LogP contribution < -0.4 is 16.8 Å². The SMILES string of the molecule is C[C@@H](O)[C@@H](C(=O)N[C@@H](CS)C(=O)O)N(C)C(=O)[C@@H](N)CCCCN. The Morgan fingerprint density at radius 2 is 1.88 bits per heavy atom. The van der Waals surface area contributed by atoms with E-state index in [1.165, 1.54) is 14.0 Å². The number of nitrogens with one attached hydrogen (secondary N) is 1. The van der Waals surface area contributed by atoms with Crippen molar-refractivity contribution in [3.63, 3.8) is 0 Å². The van der Waals surface area contributed by atoms with Crippen LogP contribution >= 0.6 is 12.6 Å². The molecular formula is C14H28N4O5S. The molecule has 0 aliphatic rings. The lowest BCUT2D eigenvalue weighted by Crippen LogP contribution is -2.58. The van der Waals surface area contributed by atoms with Gasteiger partial charge in [-0.3, -0.25) is 9.59 Å². The summed E-state index contributed by atoms with van der Waals surface area (Å²) in [7, 11) is 1.35. The summed E-state index contributed by atoms with van der Waals surface area (Å²) >= 11 is 3.85. The predicted octanol–water partition coefficient (Wildman–Crippen LogP) is -1.85. The number of carbonyl (C=O) groups is 3. The van der Waals surface area contributed by atoms with Gasteiger partial charge in [0.1, 0.15) is 12.1 Å². The molecule has 9 nitrogen and oxygen atoms in total. The second-order valence-electron chi connectivity index (χ2n) is 5.61. The third-order valence-electron chi connectivity index (χ3n) is 3.57. The first-order valence-corrected chi connectivity index (χ1v) is 8.35. The van der Waals surface area contributed by atoms with Crippen LogP contribution in [-0.4, -0.2) is 76.5 Å². The van der Waals surface area contributed by atoms with Gasteiger partial charge in [0.05, 0.1) is 12.1 Å². The molecule has 0 saturated carbocycles. The summed E-state index contributed by atoms with van der Waals surface area (Å²) in [4.78, 5) is 36.6. The van der Waals surface area contributed by atoms with Crippen molar-refractivity contribution in [2.24, 2.45) is 11.5 Å². The van der Waals surface area contributed by atoms with E-state index in [1.54, 1.807) is 0 Å². The lowest BCUT2D eigenvalue weighted by Gasteiger charge is -2.31. The van der Waals surface area contributed by atoms with Crippen molar-refractivity contribution in [2.75, 3.05) is 19.3 Å². The minimum atomic E-state index is -1.25. The van der Waals surface area contributed by atoms with Crippen LogP contribution in [0, 0.1) is 0 Å². The van der Waals surface area contributed by atoms with E-state index in [4.69, 9.17) is 16.6 Å². The number of aliphatic hydroxyl groups is 1. The smallest absolute Gasteiger partial charge is 0.327 e. The Balaban J connectivity index is 4.99. The van der Waals surface area contributed by atoms with Crippen LogP contribution in [0.4, 0.5) is 0 Å². The molecule has 0 heterocycles. The topological polar surface area (TPSA) is 159 Å². The van der Waals surface area contributed by atoms with Crippen molar-refractivity contribution in [1.82, 2.24) is 10.2 Å². The van der Waals surface area contributed by atoms with Gasteiger partial charge >= 0.3 is 5.97 Å². The molecule has 10 heteroatoms. The number of likely N-dealkylation sites (N-methyl/N-ethyl adjacent to an activating group) is 1. The molecule has 0 bridgehead atoms. The normalized spacial score (nSPS) is 15.9. The molecule has 0 spiro atoms. The highest BCUT2D eigenvalue weighted by Gasteiger charge is 2.34. The number of amides is 2. The van der Waals surface area contributed by atoms with E-state index >= 15 is 0 Å². The maximum Gasteiger partial charge on any atom is 0.327 e. The number of aliphatic hydroxyl groups excluding tert-OH is 1. The van der Waals surface area contributed by atoms with Crippen LogP contribution in [-0.2, 0) is 14.4 Å². The highest BCUT2D eigenvalue weighted by atomic mass is 32.1. The number of carbonyl (C=O) groups excluding carboxylic acids is 2. The van der Waals surface area contributed by atoms with Gasteiger partial charge in [-0.15, -0.1) is 0 Å². The van der Waals surface area contributed by atoms with E-state index in [0.29, 0.717) is 19.4 Å². The van der Waals surface area contributed by atoms with Crippen LogP contribution in [0.1, 0.15) is 26.2 Å². The maximum atomic E-state index is 12.3. The summed E-state index contributed by atoms with van der Waals surface area (Å²) in [5.41, 5.74) is 11.2. The third kappa shape index (κ3) is 7.04. The van der Waals surface area contributed by atoms with Gasteiger partial charge in [-0.1, -0.05) is 6.42 Å². The number of carboxylic acids is 1. The molecule has 0 radical (unpaired) electrons. The summed E-state index contributed by atoms with van der Waals surface area (Å²) in [6.07, 6.45) is 0.601. The number of thiol groups is 1. The molecule has 0 rings (SSSR count). The zero-order valence-electron chi connectivity index (χ0n) is 14.0. The summed E-state index contributed by atoms with van der Waals surface area (Å²) in [5, 5.41) is 21.1. The third-order valence-corrected chi connectivity index (χ3v) is 3.94. The molecule has 24 heavy (non-hydrogen) atoms. The van der Waals surface area contributed by atoms with E-state index in [2.05, 4.69) is 17.9 Å². The predicted molar refractivity (Wildman–Crippen MR) is 92.5 cm³/mol. The Labute approximate surface area is 147 Å². The average Bonchev–Trinajstić information content (AvgIpc) is 2.51. The molecule has 0 aliphatic carbocycles. The van der Waals surface area contributed by atoms with Crippen molar-refractivity contribution in [3.05, 3.63) is 0 Å². The molecule has 7 N–H and O–H groups in total. The first kappa shape index (κ1) is 22.6. The number of hydrogen-bond donors (Lipinski definition) is 6. The molecule has 0 aromatic heterocycles. The average molecular weight is 364 g/mol. The van der Waals surface area contributed by atoms with Gasteiger partial charge in [-0.05, 0) is 26.3 Å². The van der Waals surface area contributed by atoms with Gasteiger partial charge in [0.15, 0.2) is 0 Å². The summed E-state index contributed by atoms with van der Waals surface area (Å²) in [5.74, 6) is -2.67. The van der Waals surface area contributed by atoms with Crippen LogP contribution in [0.2, 0.25) is 0 Å². The molecule has 4 atom stereocenters. The number of hydrogen-bond acceptors (Lipinski definition) is 7. The lowest BCUT2D eigenvalue weighted by atomic mass is 10.1. The zero-order valence-corrected chi connectivity index (χ0v) is 14.9. The molecule has 0 aromatic rings. The highest BCUT2D eigenvalue weighted by Crippen LogP contribution is 2.09. The number of rotatable bonds is 11. The van der Waals surface area contributed by atoms with Crippen molar-refractivity contribution in [3.8, 4) is 0 Å². The number of unbranched alkanes of at least 4 members (excludes halogenated alkanes) is 1. The van der Waals surface area contributed by atoms with E-state index < -0.39 is 42.0 Å². The fourth-order valence-electron chi connectivity index (χ4n) is 2.19. The Hall–Kier alpha value is -1.36. The van der Waals surface area contributed by atoms with Gasteiger partial charge in [-0.25, -0.2) is 4.79 Å². The first-order valence-electron chi connectivity index (χ1n) is 7.71. The molecule has 0 saturated heterocycles. The van der Waals surface area contributed by atoms with Crippen LogP contribution in [0.25, 0.3) is 0 Å². The van der Waals surface area contributed by atoms with Gasteiger partial charge in [0.2, 0.25) is 11.8 Å². The van der Waals surface area contributed by atoms with Gasteiger partial charge < -0.3 is 31.9 Å². The van der Waals surface area contributed by atoms with E-state index in [-0.39, 0.29) is 5.75 Å². The largest absolute Gasteiger partial charge is 0.480 e. The maximum absolute atomic E-state index is 12.3. The Kier molecular flexibility index (Phi) is 10.6. The second-order valence-corrected chi connectivity index (χ2v) is 5.97. The number of carboxylic acid groups (broad SMARTS) is 1. The highest BCUT2D eigenvalue weighted by molar-refractivity contribution is 7.80. The van der Waals surface area contributed by atoms with E-state index in [1.807, 2.05) is 0 Å². The fourth-order valence-corrected chi connectivity index (χ4v) is 2.44. The van der Waals surface area contributed by atoms with Gasteiger partial charge in [-0.2, -0.15) is 12.6 Å². The first-order chi connectivity index (χ1) is 11.2. The quantitative estimate of drug-likeness (QED) is 0.185. The molecule has 140 valence electrons. The zero-order chi connectivity index (χ0) is 18.9. The van der Waals surface area contributed by atoms with E-state index in [9.17, 15) is 19.5 Å². The summed E-state index contributed by atoms with van der Waals surface area (Å²) in [6, 6.07) is -3.29. The van der Waals surface area contributed by atoms with Crippen molar-refractivity contribution in [2.45, 2.75) is 50.4 Å². The molecule has 0 aromatic carbocycles. The Morgan fingerprint density at radius 3 is 2.29 bits per heavy atom. The van der Waals surface area contributed by atoms with Crippen LogP contribution in [0.3, 0.4) is 0 Å². The molecule has 0 unspecified atom stereocenters. The summed E-state index contributed by atoms with van der Waals surface area (Å²) < 4.78 is 0. The standard InChI is InChI=1S/C14H28N4O5S/c1-8(19)11(12(20)17-10(7-24)14(22)23)18(2)13(21)9(16)5-3-4-6-15/h8-11,19,24H,3-7,15-16H2,1-2H3,(H,17,20)(H,22,23)/t8-,9+,10+,11+/m1/s1. The second kappa shape index (κ2) is 11.2. The molecule has 2 amide bonds. The molecule has 0 aliphatic heterocycles. The Morgan fingerprint density at radius 1 is 1.29 bits per heavy atom. The van der Waals surface area contributed by atoms with E-state index in [0.717, 1.165) is 11.3 Å². The molecule has 0 fully saturated rings. The van der Waals surface area contributed by atoms with Crippen LogP contribution in [0.5, 0.6) is 0 Å². The monoisotopic (exact) mass is 364 g/mol.